The zero-order chi connectivity index (χ0) is 22.2. The van der Waals surface area contributed by atoms with Crippen molar-refractivity contribution >= 4 is 34.6 Å². The Labute approximate surface area is 180 Å². The van der Waals surface area contributed by atoms with E-state index in [1.165, 1.54) is 6.07 Å². The summed E-state index contributed by atoms with van der Waals surface area (Å²) in [6.45, 7) is 3.99. The van der Waals surface area contributed by atoms with Gasteiger partial charge in [-0.1, -0.05) is 18.2 Å². The number of hydrogen-bond donors (Lipinski definition) is 1. The van der Waals surface area contributed by atoms with Crippen molar-refractivity contribution in [2.24, 2.45) is 4.99 Å². The normalized spacial score (nSPS) is 16.9. The molecule has 0 saturated carbocycles. The molecule has 1 saturated heterocycles. The van der Waals surface area contributed by atoms with Gasteiger partial charge in [0.2, 0.25) is 0 Å². The van der Waals surface area contributed by atoms with Crippen LogP contribution < -0.4 is 5.32 Å². The van der Waals surface area contributed by atoms with Gasteiger partial charge in [0, 0.05) is 5.56 Å². The highest BCUT2D eigenvalue weighted by Gasteiger charge is 2.30. The maximum atomic E-state index is 13.0. The molecule has 0 radical (unpaired) electrons. The summed E-state index contributed by atoms with van der Waals surface area (Å²) in [6, 6.07) is 13.9. The average Bonchev–Trinajstić information content (AvgIpc) is 3.31. The third kappa shape index (κ3) is 4.74. The summed E-state index contributed by atoms with van der Waals surface area (Å²) in [5.74, 6) is 1.10. The molecule has 4 rings (SSSR count). The number of carbonyl (C=O) groups excluding carboxylic acids is 1. The SMILES string of the molecule is Cc1ccc(N=C2NC(=O)SC2=Cc2ccc(-c3cccc(C(F)(F)F)c3)o2)cc1C. The van der Waals surface area contributed by atoms with Crippen LogP contribution in [-0.2, 0) is 6.18 Å². The Morgan fingerprint density at radius 1 is 1.03 bits per heavy atom. The molecule has 2 heterocycles. The number of hydrogen-bond acceptors (Lipinski definition) is 4. The van der Waals surface area contributed by atoms with E-state index in [1.54, 1.807) is 24.3 Å². The van der Waals surface area contributed by atoms with Crippen molar-refractivity contribution in [3.8, 4) is 11.3 Å². The highest BCUT2D eigenvalue weighted by Crippen LogP contribution is 2.34. The molecule has 8 heteroatoms. The van der Waals surface area contributed by atoms with Crippen LogP contribution in [-0.4, -0.2) is 11.1 Å². The van der Waals surface area contributed by atoms with Crippen LogP contribution in [0.25, 0.3) is 17.4 Å². The second-order valence-electron chi connectivity index (χ2n) is 7.03. The van der Waals surface area contributed by atoms with E-state index in [2.05, 4.69) is 10.3 Å². The van der Waals surface area contributed by atoms with E-state index in [0.29, 0.717) is 33.5 Å². The van der Waals surface area contributed by atoms with Crippen LogP contribution in [0.15, 0.2) is 68.9 Å². The predicted octanol–water partition coefficient (Wildman–Crippen LogP) is 7.11. The van der Waals surface area contributed by atoms with Gasteiger partial charge in [-0.15, -0.1) is 0 Å². The van der Waals surface area contributed by atoms with Crippen LogP contribution in [0, 0.1) is 13.8 Å². The molecule has 1 aliphatic heterocycles. The summed E-state index contributed by atoms with van der Waals surface area (Å²) < 4.78 is 44.6. The van der Waals surface area contributed by atoms with Crippen LogP contribution in [0.4, 0.5) is 23.7 Å². The zero-order valence-corrected chi connectivity index (χ0v) is 17.4. The van der Waals surface area contributed by atoms with Crippen molar-refractivity contribution in [1.82, 2.24) is 5.32 Å². The highest BCUT2D eigenvalue weighted by molar-refractivity contribution is 8.18. The number of furan rings is 1. The number of thioether (sulfide) groups is 1. The molecule has 3 aromatic rings. The highest BCUT2D eigenvalue weighted by atomic mass is 32.2. The van der Waals surface area contributed by atoms with Gasteiger partial charge >= 0.3 is 6.18 Å². The van der Waals surface area contributed by atoms with Crippen molar-refractivity contribution in [2.45, 2.75) is 20.0 Å². The number of amides is 1. The Morgan fingerprint density at radius 2 is 1.84 bits per heavy atom. The topological polar surface area (TPSA) is 54.6 Å². The number of nitrogens with zero attached hydrogens (tertiary/aromatic N) is 1. The molecule has 1 aliphatic rings. The van der Waals surface area contributed by atoms with Gasteiger partial charge in [0.25, 0.3) is 5.24 Å². The molecule has 31 heavy (non-hydrogen) atoms. The fraction of sp³-hybridized carbons (Fsp3) is 0.130. The first-order valence-electron chi connectivity index (χ1n) is 9.33. The first-order valence-corrected chi connectivity index (χ1v) is 10.1. The maximum Gasteiger partial charge on any atom is 0.416 e. The number of aliphatic imine (C=N–C) groups is 1. The van der Waals surface area contributed by atoms with Crippen LogP contribution in [0.3, 0.4) is 0 Å². The van der Waals surface area contributed by atoms with Gasteiger partial charge in [-0.3, -0.25) is 4.79 Å². The molecular weight excluding hydrogens is 425 g/mol. The van der Waals surface area contributed by atoms with E-state index in [1.807, 2.05) is 32.0 Å². The lowest BCUT2D eigenvalue weighted by Gasteiger charge is -2.07. The molecule has 1 fully saturated rings. The van der Waals surface area contributed by atoms with Crippen LogP contribution in [0.1, 0.15) is 22.5 Å². The smallest absolute Gasteiger partial charge is 0.416 e. The van der Waals surface area contributed by atoms with E-state index >= 15 is 0 Å². The van der Waals surface area contributed by atoms with Crippen molar-refractivity contribution in [3.05, 3.63) is 82.0 Å². The second-order valence-corrected chi connectivity index (χ2v) is 8.05. The van der Waals surface area contributed by atoms with Crippen molar-refractivity contribution in [1.29, 1.82) is 0 Å². The lowest BCUT2D eigenvalue weighted by atomic mass is 10.1. The first-order chi connectivity index (χ1) is 14.7. The minimum Gasteiger partial charge on any atom is -0.457 e. The van der Waals surface area contributed by atoms with Gasteiger partial charge in [-0.05, 0) is 79.2 Å². The van der Waals surface area contributed by atoms with Gasteiger partial charge < -0.3 is 9.73 Å². The summed E-state index contributed by atoms with van der Waals surface area (Å²) in [7, 11) is 0. The lowest BCUT2D eigenvalue weighted by Crippen LogP contribution is -2.18. The summed E-state index contributed by atoms with van der Waals surface area (Å²) >= 11 is 0.978. The number of rotatable bonds is 3. The van der Waals surface area contributed by atoms with Crippen molar-refractivity contribution < 1.29 is 22.4 Å². The summed E-state index contributed by atoms with van der Waals surface area (Å²) in [6.07, 6.45) is -2.79. The van der Waals surface area contributed by atoms with Crippen molar-refractivity contribution in [3.63, 3.8) is 0 Å². The summed E-state index contributed by atoms with van der Waals surface area (Å²) in [5, 5.41) is 2.44. The average molecular weight is 442 g/mol. The predicted molar refractivity (Wildman–Crippen MR) is 116 cm³/mol. The monoisotopic (exact) mass is 442 g/mol. The minimum atomic E-state index is -4.43. The maximum absolute atomic E-state index is 13.0. The van der Waals surface area contributed by atoms with Crippen LogP contribution >= 0.6 is 11.8 Å². The molecule has 2 aromatic carbocycles. The molecule has 1 N–H and O–H groups in total. The van der Waals surface area contributed by atoms with E-state index in [-0.39, 0.29) is 5.24 Å². The Kier molecular flexibility index (Phi) is 5.49. The number of alkyl halides is 3. The Bertz CT molecular complexity index is 1230. The quantitative estimate of drug-likeness (QED) is 0.470. The Balaban J connectivity index is 1.64. The van der Waals surface area contributed by atoms with Gasteiger partial charge in [0.05, 0.1) is 16.2 Å². The minimum absolute atomic E-state index is 0.265. The summed E-state index contributed by atoms with van der Waals surface area (Å²) in [4.78, 5) is 17.0. The lowest BCUT2D eigenvalue weighted by molar-refractivity contribution is -0.137. The van der Waals surface area contributed by atoms with Gasteiger partial charge in [0.15, 0.2) is 0 Å². The van der Waals surface area contributed by atoms with Crippen LogP contribution in [0.2, 0.25) is 0 Å². The molecule has 1 aromatic heterocycles. The van der Waals surface area contributed by atoms with Gasteiger partial charge in [-0.2, -0.15) is 13.2 Å². The second kappa shape index (κ2) is 8.11. The van der Waals surface area contributed by atoms with E-state index < -0.39 is 11.7 Å². The van der Waals surface area contributed by atoms with Gasteiger partial charge in [-0.25, -0.2) is 4.99 Å². The van der Waals surface area contributed by atoms with Crippen molar-refractivity contribution in [2.75, 3.05) is 0 Å². The number of halogens is 3. The molecule has 158 valence electrons. The number of carbonyl (C=O) groups is 1. The van der Waals surface area contributed by atoms with E-state index in [9.17, 15) is 18.0 Å². The van der Waals surface area contributed by atoms with Gasteiger partial charge in [0.1, 0.15) is 17.4 Å². The first kappa shape index (κ1) is 21.0. The number of aryl methyl sites for hydroxylation is 2. The zero-order valence-electron chi connectivity index (χ0n) is 16.6. The molecule has 0 aliphatic carbocycles. The summed E-state index contributed by atoms with van der Waals surface area (Å²) in [5.41, 5.74) is 2.50. The Hall–Kier alpha value is -3.26. The largest absolute Gasteiger partial charge is 0.457 e. The standard InChI is InChI=1S/C23H17F3N2O2S/c1-13-6-7-17(10-14(13)2)27-21-20(31-22(29)28-21)12-18-8-9-19(30-18)15-4-3-5-16(11-15)23(24,25)26/h3-12H,1-2H3,(H,27,28,29). The number of amidine groups is 1. The third-order valence-electron chi connectivity index (χ3n) is 4.76. The third-order valence-corrected chi connectivity index (χ3v) is 5.58. The Morgan fingerprint density at radius 3 is 2.58 bits per heavy atom. The molecule has 0 unspecified atom stereocenters. The molecular formula is C23H17F3N2O2S. The van der Waals surface area contributed by atoms with E-state index in [0.717, 1.165) is 35.0 Å². The number of nitrogens with one attached hydrogen (secondary N) is 1. The molecule has 0 bridgehead atoms. The fourth-order valence-corrected chi connectivity index (χ4v) is 3.72. The van der Waals surface area contributed by atoms with Crippen LogP contribution in [0.5, 0.6) is 0 Å². The van der Waals surface area contributed by atoms with E-state index in [4.69, 9.17) is 4.42 Å². The molecule has 0 spiro atoms. The molecule has 0 atom stereocenters. The molecule has 4 nitrogen and oxygen atoms in total. The molecule has 1 amide bonds. The number of benzene rings is 2. The fourth-order valence-electron chi connectivity index (χ4n) is 3.00.